The standard InChI is InChI=1S/C21H21ClN4O4/c1-12(2)29-20-17(22)10-16(11-23-20)19-24-18(25-30-19)15-4-3-13-5-7-26(21(27)28)8-6-14(13)9-15/h3-4,9-12H,5-8H2,1-2H3,(H,27,28). The zero-order valence-corrected chi connectivity index (χ0v) is 17.4. The normalized spacial score (nSPS) is 13.8. The topological polar surface area (TPSA) is 102 Å². The van der Waals surface area contributed by atoms with E-state index in [-0.39, 0.29) is 6.10 Å². The quantitative estimate of drug-likeness (QED) is 0.660. The van der Waals surface area contributed by atoms with Gasteiger partial charge in [-0.1, -0.05) is 28.9 Å². The fourth-order valence-corrected chi connectivity index (χ4v) is 3.58. The Morgan fingerprint density at radius 3 is 2.67 bits per heavy atom. The molecule has 156 valence electrons. The average molecular weight is 429 g/mol. The molecule has 0 spiro atoms. The molecule has 8 nitrogen and oxygen atoms in total. The molecule has 1 N–H and O–H groups in total. The highest BCUT2D eigenvalue weighted by molar-refractivity contribution is 6.32. The van der Waals surface area contributed by atoms with E-state index in [1.807, 2.05) is 32.0 Å². The van der Waals surface area contributed by atoms with E-state index in [2.05, 4.69) is 15.1 Å². The molecule has 0 atom stereocenters. The highest BCUT2D eigenvalue weighted by atomic mass is 35.5. The average Bonchev–Trinajstić information content (AvgIpc) is 3.09. The molecule has 0 aliphatic carbocycles. The summed E-state index contributed by atoms with van der Waals surface area (Å²) in [4.78, 5) is 21.4. The van der Waals surface area contributed by atoms with Crippen LogP contribution < -0.4 is 4.74 Å². The van der Waals surface area contributed by atoms with Crippen molar-refractivity contribution in [3.8, 4) is 28.7 Å². The molecule has 3 heterocycles. The van der Waals surface area contributed by atoms with Gasteiger partial charge in [0.2, 0.25) is 11.7 Å². The van der Waals surface area contributed by atoms with Crippen molar-refractivity contribution in [2.45, 2.75) is 32.8 Å². The van der Waals surface area contributed by atoms with E-state index in [0.29, 0.717) is 54.1 Å². The minimum atomic E-state index is -0.886. The lowest BCUT2D eigenvalue weighted by molar-refractivity contribution is 0.147. The molecule has 0 bridgehead atoms. The molecule has 1 aromatic carbocycles. The van der Waals surface area contributed by atoms with Gasteiger partial charge in [-0.05, 0) is 49.9 Å². The SMILES string of the molecule is CC(C)Oc1ncc(-c2nc(-c3ccc4c(c3)CCN(C(=O)O)CC4)no2)cc1Cl. The highest BCUT2D eigenvalue weighted by Gasteiger charge is 2.19. The van der Waals surface area contributed by atoms with Crippen molar-refractivity contribution in [3.05, 3.63) is 46.6 Å². The van der Waals surface area contributed by atoms with E-state index in [1.54, 1.807) is 12.3 Å². The van der Waals surface area contributed by atoms with Gasteiger partial charge < -0.3 is 19.3 Å². The summed E-state index contributed by atoms with van der Waals surface area (Å²) in [5, 5.41) is 13.7. The van der Waals surface area contributed by atoms with Crippen LogP contribution in [0.15, 0.2) is 35.0 Å². The second-order valence-corrected chi connectivity index (χ2v) is 7.76. The van der Waals surface area contributed by atoms with Crippen molar-refractivity contribution in [1.82, 2.24) is 20.0 Å². The number of nitrogens with zero attached hydrogens (tertiary/aromatic N) is 4. The molecule has 0 unspecified atom stereocenters. The number of amides is 1. The van der Waals surface area contributed by atoms with E-state index in [9.17, 15) is 9.90 Å². The molecular weight excluding hydrogens is 408 g/mol. The van der Waals surface area contributed by atoms with E-state index in [1.165, 1.54) is 4.90 Å². The molecule has 2 aromatic heterocycles. The molecule has 9 heteroatoms. The first-order valence-electron chi connectivity index (χ1n) is 9.67. The second-order valence-electron chi connectivity index (χ2n) is 7.35. The summed E-state index contributed by atoms with van der Waals surface area (Å²) in [7, 11) is 0. The molecule has 0 radical (unpaired) electrons. The van der Waals surface area contributed by atoms with Crippen LogP contribution in [-0.2, 0) is 12.8 Å². The minimum Gasteiger partial charge on any atom is -0.474 e. The van der Waals surface area contributed by atoms with Gasteiger partial charge >= 0.3 is 6.09 Å². The van der Waals surface area contributed by atoms with Crippen LogP contribution in [0, 0.1) is 0 Å². The predicted octanol–water partition coefficient (Wildman–Crippen LogP) is 4.32. The van der Waals surface area contributed by atoms with E-state index in [0.717, 1.165) is 16.7 Å². The number of carbonyl (C=O) groups is 1. The summed E-state index contributed by atoms with van der Waals surface area (Å²) in [6, 6.07) is 7.61. The van der Waals surface area contributed by atoms with Gasteiger partial charge in [-0.3, -0.25) is 0 Å². The zero-order valence-electron chi connectivity index (χ0n) is 16.6. The largest absolute Gasteiger partial charge is 0.474 e. The van der Waals surface area contributed by atoms with Gasteiger partial charge in [-0.2, -0.15) is 4.98 Å². The lowest BCUT2D eigenvalue weighted by atomic mass is 10.00. The Balaban J connectivity index is 1.57. The van der Waals surface area contributed by atoms with Crippen LogP contribution in [0.5, 0.6) is 5.88 Å². The first kappa shape index (κ1) is 20.2. The summed E-state index contributed by atoms with van der Waals surface area (Å²) >= 11 is 6.25. The number of halogens is 1. The first-order chi connectivity index (χ1) is 14.4. The van der Waals surface area contributed by atoms with Crippen LogP contribution in [0.4, 0.5) is 4.79 Å². The number of ether oxygens (including phenoxy) is 1. The summed E-state index contributed by atoms with van der Waals surface area (Å²) < 4.78 is 11.0. The highest BCUT2D eigenvalue weighted by Crippen LogP contribution is 2.30. The predicted molar refractivity (Wildman–Crippen MR) is 111 cm³/mol. The molecule has 30 heavy (non-hydrogen) atoms. The molecule has 4 rings (SSSR count). The Labute approximate surface area is 178 Å². The Kier molecular flexibility index (Phi) is 5.59. The van der Waals surface area contributed by atoms with Gasteiger partial charge in [0.25, 0.3) is 5.89 Å². The van der Waals surface area contributed by atoms with Crippen molar-refractivity contribution >= 4 is 17.7 Å². The number of pyridine rings is 1. The third kappa shape index (κ3) is 4.23. The van der Waals surface area contributed by atoms with Gasteiger partial charge in [0, 0.05) is 24.8 Å². The molecule has 1 aliphatic heterocycles. The van der Waals surface area contributed by atoms with Gasteiger partial charge in [-0.15, -0.1) is 0 Å². The van der Waals surface area contributed by atoms with E-state index in [4.69, 9.17) is 20.9 Å². The van der Waals surface area contributed by atoms with Crippen molar-refractivity contribution in [3.63, 3.8) is 0 Å². The Morgan fingerprint density at radius 1 is 1.20 bits per heavy atom. The number of hydrogen-bond donors (Lipinski definition) is 1. The first-order valence-corrected chi connectivity index (χ1v) is 10.0. The molecular formula is C21H21ClN4O4. The smallest absolute Gasteiger partial charge is 0.407 e. The monoisotopic (exact) mass is 428 g/mol. The number of benzene rings is 1. The summed E-state index contributed by atoms with van der Waals surface area (Å²) in [6.07, 6.45) is 2.00. The van der Waals surface area contributed by atoms with Crippen LogP contribution in [0.2, 0.25) is 5.02 Å². The van der Waals surface area contributed by atoms with Gasteiger partial charge in [-0.25, -0.2) is 9.78 Å². The Hall–Kier alpha value is -3.13. The molecule has 1 aliphatic rings. The van der Waals surface area contributed by atoms with Crippen LogP contribution >= 0.6 is 11.6 Å². The Bertz CT molecular complexity index is 1080. The van der Waals surface area contributed by atoms with Crippen LogP contribution in [-0.4, -0.2) is 50.4 Å². The third-order valence-corrected chi connectivity index (χ3v) is 5.14. The lowest BCUT2D eigenvalue weighted by Crippen LogP contribution is -2.31. The van der Waals surface area contributed by atoms with Crippen LogP contribution in [0.1, 0.15) is 25.0 Å². The summed E-state index contributed by atoms with van der Waals surface area (Å²) in [6.45, 7) is 4.77. The maximum Gasteiger partial charge on any atom is 0.407 e. The minimum absolute atomic E-state index is 0.0355. The molecule has 0 saturated carbocycles. The number of aromatic nitrogens is 3. The summed E-state index contributed by atoms with van der Waals surface area (Å²) in [5.41, 5.74) is 3.65. The maximum absolute atomic E-state index is 11.3. The van der Waals surface area contributed by atoms with E-state index < -0.39 is 6.09 Å². The van der Waals surface area contributed by atoms with Gasteiger partial charge in [0.05, 0.1) is 11.7 Å². The summed E-state index contributed by atoms with van der Waals surface area (Å²) in [5.74, 6) is 1.12. The Morgan fingerprint density at radius 2 is 1.97 bits per heavy atom. The fraction of sp³-hybridized carbons (Fsp3) is 0.333. The number of hydrogen-bond acceptors (Lipinski definition) is 6. The van der Waals surface area contributed by atoms with E-state index >= 15 is 0 Å². The fourth-order valence-electron chi connectivity index (χ4n) is 3.37. The molecule has 1 amide bonds. The van der Waals surface area contributed by atoms with Gasteiger partial charge in [0.15, 0.2) is 0 Å². The molecule has 0 fully saturated rings. The third-order valence-electron chi connectivity index (χ3n) is 4.86. The number of rotatable bonds is 4. The van der Waals surface area contributed by atoms with Gasteiger partial charge in [0.1, 0.15) is 5.02 Å². The number of carboxylic acid groups (broad SMARTS) is 1. The van der Waals surface area contributed by atoms with Crippen molar-refractivity contribution in [2.24, 2.45) is 0 Å². The second kappa shape index (κ2) is 8.31. The zero-order chi connectivity index (χ0) is 21.3. The van der Waals surface area contributed by atoms with Crippen LogP contribution in [0.25, 0.3) is 22.8 Å². The van der Waals surface area contributed by atoms with Crippen molar-refractivity contribution in [1.29, 1.82) is 0 Å². The molecule has 3 aromatic rings. The molecule has 0 saturated heterocycles. The van der Waals surface area contributed by atoms with Crippen molar-refractivity contribution in [2.75, 3.05) is 13.1 Å². The lowest BCUT2D eigenvalue weighted by Gasteiger charge is -2.14. The number of fused-ring (bicyclic) bond motifs is 1. The van der Waals surface area contributed by atoms with Crippen molar-refractivity contribution < 1.29 is 19.2 Å². The maximum atomic E-state index is 11.3. The van der Waals surface area contributed by atoms with Crippen LogP contribution in [0.3, 0.4) is 0 Å².